The van der Waals surface area contributed by atoms with Crippen molar-refractivity contribution in [2.24, 2.45) is 0 Å². The molecular formula is C9H11N. The van der Waals surface area contributed by atoms with Crippen LogP contribution in [0.15, 0.2) is 24.3 Å². The minimum absolute atomic E-state index is 0.757. The standard InChI is InChI=1S/C9H11N/c1-8-4-2-3-5-9(8)6-7-10/h2-5,7,10H,6H2,1H3. The maximum absolute atomic E-state index is 6.91. The topological polar surface area (TPSA) is 23.9 Å². The van der Waals surface area contributed by atoms with E-state index in [-0.39, 0.29) is 0 Å². The van der Waals surface area contributed by atoms with Gasteiger partial charge in [-0.1, -0.05) is 24.3 Å². The second-order valence-corrected chi connectivity index (χ2v) is 2.33. The predicted molar refractivity (Wildman–Crippen MR) is 43.7 cm³/mol. The normalized spacial score (nSPS) is 9.30. The zero-order chi connectivity index (χ0) is 7.40. The van der Waals surface area contributed by atoms with Crippen LogP contribution in [0.25, 0.3) is 0 Å². The van der Waals surface area contributed by atoms with Gasteiger partial charge in [-0.05, 0) is 24.3 Å². The highest BCUT2D eigenvalue weighted by atomic mass is 14.3. The Morgan fingerprint density at radius 1 is 1.40 bits per heavy atom. The third kappa shape index (κ3) is 1.44. The average molecular weight is 133 g/mol. The van der Waals surface area contributed by atoms with Crippen LogP contribution in [0, 0.1) is 12.3 Å². The third-order valence-electron chi connectivity index (χ3n) is 1.58. The third-order valence-corrected chi connectivity index (χ3v) is 1.58. The predicted octanol–water partition coefficient (Wildman–Crippen LogP) is 2.19. The van der Waals surface area contributed by atoms with E-state index in [1.807, 2.05) is 12.1 Å². The summed E-state index contributed by atoms with van der Waals surface area (Å²) in [5.74, 6) is 0. The minimum atomic E-state index is 0.757. The van der Waals surface area contributed by atoms with Gasteiger partial charge in [-0.2, -0.15) is 0 Å². The van der Waals surface area contributed by atoms with E-state index >= 15 is 0 Å². The summed E-state index contributed by atoms with van der Waals surface area (Å²) in [5.41, 5.74) is 2.52. The van der Waals surface area contributed by atoms with Crippen molar-refractivity contribution in [3.05, 3.63) is 35.4 Å². The molecule has 0 atom stereocenters. The van der Waals surface area contributed by atoms with E-state index in [0.717, 1.165) is 6.42 Å². The molecule has 0 aliphatic carbocycles. The van der Waals surface area contributed by atoms with Gasteiger partial charge < -0.3 is 5.41 Å². The fraction of sp³-hybridized carbons (Fsp3) is 0.222. The zero-order valence-corrected chi connectivity index (χ0v) is 6.09. The highest BCUT2D eigenvalue weighted by Crippen LogP contribution is 2.05. The molecule has 10 heavy (non-hydrogen) atoms. The van der Waals surface area contributed by atoms with E-state index in [0.29, 0.717) is 0 Å². The first kappa shape index (κ1) is 7.00. The van der Waals surface area contributed by atoms with E-state index < -0.39 is 0 Å². The first-order valence-electron chi connectivity index (χ1n) is 3.38. The molecule has 52 valence electrons. The molecule has 1 aromatic carbocycles. The number of nitrogens with one attached hydrogen (secondary N) is 1. The second kappa shape index (κ2) is 3.16. The van der Waals surface area contributed by atoms with Crippen LogP contribution in [0.1, 0.15) is 11.1 Å². The van der Waals surface area contributed by atoms with Gasteiger partial charge in [0.15, 0.2) is 0 Å². The van der Waals surface area contributed by atoms with Crippen molar-refractivity contribution in [2.45, 2.75) is 13.3 Å². The average Bonchev–Trinajstić information content (AvgIpc) is 1.94. The van der Waals surface area contributed by atoms with Crippen LogP contribution in [-0.2, 0) is 6.42 Å². The monoisotopic (exact) mass is 133 g/mol. The van der Waals surface area contributed by atoms with Gasteiger partial charge in [0.1, 0.15) is 0 Å². The van der Waals surface area contributed by atoms with Gasteiger partial charge in [-0.25, -0.2) is 0 Å². The largest absolute Gasteiger partial charge is 0.313 e. The molecule has 0 aliphatic rings. The Morgan fingerprint density at radius 2 is 2.10 bits per heavy atom. The molecule has 1 heteroatoms. The first-order valence-corrected chi connectivity index (χ1v) is 3.38. The molecule has 0 unspecified atom stereocenters. The van der Waals surface area contributed by atoms with Gasteiger partial charge >= 0.3 is 0 Å². The van der Waals surface area contributed by atoms with Crippen molar-refractivity contribution in [3.8, 4) is 0 Å². The number of aryl methyl sites for hydroxylation is 1. The molecule has 1 aromatic rings. The van der Waals surface area contributed by atoms with Crippen LogP contribution in [0.5, 0.6) is 0 Å². The van der Waals surface area contributed by atoms with Crippen LogP contribution < -0.4 is 0 Å². The van der Waals surface area contributed by atoms with E-state index in [1.165, 1.54) is 17.3 Å². The Kier molecular flexibility index (Phi) is 2.21. The molecule has 0 bridgehead atoms. The number of hydrogen-bond acceptors (Lipinski definition) is 1. The van der Waals surface area contributed by atoms with E-state index in [9.17, 15) is 0 Å². The summed E-state index contributed by atoms with van der Waals surface area (Å²) in [5, 5.41) is 6.91. The molecular weight excluding hydrogens is 122 g/mol. The number of rotatable bonds is 2. The van der Waals surface area contributed by atoms with Crippen molar-refractivity contribution in [3.63, 3.8) is 0 Å². The van der Waals surface area contributed by atoms with Gasteiger partial charge in [0, 0.05) is 6.42 Å². The van der Waals surface area contributed by atoms with E-state index in [4.69, 9.17) is 5.41 Å². The molecule has 0 heterocycles. The fourth-order valence-corrected chi connectivity index (χ4v) is 0.949. The van der Waals surface area contributed by atoms with Crippen LogP contribution in [0.2, 0.25) is 0 Å². The molecule has 1 nitrogen and oxygen atoms in total. The van der Waals surface area contributed by atoms with Gasteiger partial charge in [0.05, 0.1) is 0 Å². The lowest BCUT2D eigenvalue weighted by Gasteiger charge is -1.98. The van der Waals surface area contributed by atoms with Crippen LogP contribution in [0.3, 0.4) is 0 Å². The van der Waals surface area contributed by atoms with E-state index in [2.05, 4.69) is 19.1 Å². The van der Waals surface area contributed by atoms with Gasteiger partial charge in [0.2, 0.25) is 0 Å². The molecule has 1 N–H and O–H groups in total. The summed E-state index contributed by atoms with van der Waals surface area (Å²) in [6, 6.07) is 8.15. The summed E-state index contributed by atoms with van der Waals surface area (Å²) in [6.45, 7) is 2.07. The van der Waals surface area contributed by atoms with Crippen molar-refractivity contribution in [1.82, 2.24) is 0 Å². The number of benzene rings is 1. The Labute approximate surface area is 61.2 Å². The summed E-state index contributed by atoms with van der Waals surface area (Å²) >= 11 is 0. The Balaban J connectivity index is 2.91. The molecule has 0 aliphatic heterocycles. The molecule has 0 saturated carbocycles. The Bertz CT molecular complexity index is 228. The summed E-state index contributed by atoms with van der Waals surface area (Å²) in [6.07, 6.45) is 2.19. The molecule has 0 saturated heterocycles. The van der Waals surface area contributed by atoms with Crippen LogP contribution >= 0.6 is 0 Å². The SMILES string of the molecule is Cc1ccccc1CC=N. The van der Waals surface area contributed by atoms with Crippen LogP contribution in [0.4, 0.5) is 0 Å². The smallest absolute Gasteiger partial charge is 0.00740 e. The van der Waals surface area contributed by atoms with Gasteiger partial charge in [-0.15, -0.1) is 0 Å². The minimum Gasteiger partial charge on any atom is -0.313 e. The second-order valence-electron chi connectivity index (χ2n) is 2.33. The van der Waals surface area contributed by atoms with Crippen molar-refractivity contribution < 1.29 is 0 Å². The molecule has 0 spiro atoms. The van der Waals surface area contributed by atoms with E-state index in [1.54, 1.807) is 0 Å². The van der Waals surface area contributed by atoms with Crippen molar-refractivity contribution >= 4 is 6.21 Å². The lowest BCUT2D eigenvalue weighted by Crippen LogP contribution is -1.87. The maximum atomic E-state index is 6.91. The zero-order valence-electron chi connectivity index (χ0n) is 6.09. The number of hydrogen-bond donors (Lipinski definition) is 1. The Morgan fingerprint density at radius 3 is 2.70 bits per heavy atom. The van der Waals surface area contributed by atoms with Gasteiger partial charge in [0.25, 0.3) is 0 Å². The van der Waals surface area contributed by atoms with Crippen molar-refractivity contribution in [1.29, 1.82) is 5.41 Å². The molecule has 0 radical (unpaired) electrons. The lowest BCUT2D eigenvalue weighted by atomic mass is 10.1. The van der Waals surface area contributed by atoms with Gasteiger partial charge in [-0.3, -0.25) is 0 Å². The summed E-state index contributed by atoms with van der Waals surface area (Å²) < 4.78 is 0. The first-order chi connectivity index (χ1) is 4.84. The Hall–Kier alpha value is -1.11. The molecule has 0 aromatic heterocycles. The lowest BCUT2D eigenvalue weighted by molar-refractivity contribution is 1.26. The highest BCUT2D eigenvalue weighted by molar-refractivity contribution is 5.58. The molecule has 0 amide bonds. The quantitative estimate of drug-likeness (QED) is 0.598. The van der Waals surface area contributed by atoms with Crippen molar-refractivity contribution in [2.75, 3.05) is 0 Å². The summed E-state index contributed by atoms with van der Waals surface area (Å²) in [4.78, 5) is 0. The molecule has 1 rings (SSSR count). The maximum Gasteiger partial charge on any atom is 0.00740 e. The van der Waals surface area contributed by atoms with Crippen LogP contribution in [-0.4, -0.2) is 6.21 Å². The highest BCUT2D eigenvalue weighted by Gasteiger charge is 1.91. The summed E-state index contributed by atoms with van der Waals surface area (Å²) in [7, 11) is 0. The fourth-order valence-electron chi connectivity index (χ4n) is 0.949. The molecule has 0 fully saturated rings.